The first-order valence-electron chi connectivity index (χ1n) is 26.5. The summed E-state index contributed by atoms with van der Waals surface area (Å²) < 4.78 is 23.2. The number of unbranched alkanes of at least 4 members (excludes halogenated alkanes) is 13. The van der Waals surface area contributed by atoms with E-state index in [1.165, 1.54) is 32.1 Å². The van der Waals surface area contributed by atoms with Crippen molar-refractivity contribution in [2.45, 2.75) is 193 Å². The molecule has 0 aromatic heterocycles. The zero-order valence-corrected chi connectivity index (χ0v) is 44.6. The molecule has 8 nitrogen and oxygen atoms in total. The minimum absolute atomic E-state index is 0.0116. The van der Waals surface area contributed by atoms with Gasteiger partial charge in [-0.05, 0) is 96.3 Å². The summed E-state index contributed by atoms with van der Waals surface area (Å²) >= 11 is 0. The van der Waals surface area contributed by atoms with Crippen LogP contribution in [-0.2, 0) is 18.4 Å². The molecule has 0 aliphatic rings. The SMILES string of the molecule is CC/C=C\C/C=C\C/C=C\C/C=C\C/C=C\C/C=C\C/C=C\C/C=C\C/C=C\C/C=C\CCCCCCCCC(=O)NC(COP(=O)([O-])OCC[N+](C)(C)C)C(O)/C=C/CCCCCCCCC. The Kier molecular flexibility index (Phi) is 46.3. The number of likely N-dealkylation sites (N-methyl/N-ethyl adjacent to an activating group) is 1. The first-order valence-corrected chi connectivity index (χ1v) is 28.0. The molecule has 9 heteroatoms. The summed E-state index contributed by atoms with van der Waals surface area (Å²) in [5.74, 6) is -0.222. The zero-order chi connectivity index (χ0) is 49.9. The molecule has 0 aliphatic carbocycles. The molecular formula is C59H99N2O6P. The Morgan fingerprint density at radius 2 is 0.897 bits per heavy atom. The Morgan fingerprint density at radius 1 is 0.529 bits per heavy atom. The third-order valence-corrected chi connectivity index (χ3v) is 11.8. The largest absolute Gasteiger partial charge is 0.756 e. The Morgan fingerprint density at radius 3 is 1.31 bits per heavy atom. The van der Waals surface area contributed by atoms with Gasteiger partial charge in [0.15, 0.2) is 0 Å². The van der Waals surface area contributed by atoms with E-state index in [0.717, 1.165) is 128 Å². The van der Waals surface area contributed by atoms with E-state index in [9.17, 15) is 19.4 Å². The number of nitrogens with one attached hydrogen (secondary N) is 1. The van der Waals surface area contributed by atoms with Crippen molar-refractivity contribution in [1.82, 2.24) is 5.32 Å². The second kappa shape index (κ2) is 48.7. The Hall–Kier alpha value is -3.36. The smallest absolute Gasteiger partial charge is 0.268 e. The second-order valence-electron chi connectivity index (χ2n) is 18.5. The number of rotatable bonds is 46. The molecule has 1 amide bonds. The van der Waals surface area contributed by atoms with E-state index in [1.54, 1.807) is 6.08 Å². The summed E-state index contributed by atoms with van der Waals surface area (Å²) in [6.07, 6.45) is 73.9. The van der Waals surface area contributed by atoms with Crippen molar-refractivity contribution in [2.24, 2.45) is 0 Å². The van der Waals surface area contributed by atoms with E-state index < -0.39 is 26.6 Å². The van der Waals surface area contributed by atoms with Crippen LogP contribution in [-0.4, -0.2) is 68.5 Å². The number of phosphoric ester groups is 1. The van der Waals surface area contributed by atoms with Crippen LogP contribution < -0.4 is 10.2 Å². The molecule has 0 saturated heterocycles. The van der Waals surface area contributed by atoms with E-state index in [4.69, 9.17) is 9.05 Å². The number of carbonyl (C=O) groups excluding carboxylic acids is 1. The number of aliphatic hydroxyl groups excluding tert-OH is 1. The van der Waals surface area contributed by atoms with Crippen molar-refractivity contribution in [3.63, 3.8) is 0 Å². The maximum absolute atomic E-state index is 12.9. The summed E-state index contributed by atoms with van der Waals surface area (Å²) in [4.78, 5) is 25.3. The van der Waals surface area contributed by atoms with Gasteiger partial charge in [0.1, 0.15) is 13.2 Å². The van der Waals surface area contributed by atoms with Crippen LogP contribution in [0.1, 0.15) is 181 Å². The van der Waals surface area contributed by atoms with Gasteiger partial charge >= 0.3 is 0 Å². The van der Waals surface area contributed by atoms with E-state index >= 15 is 0 Å². The first kappa shape index (κ1) is 64.6. The van der Waals surface area contributed by atoms with Crippen LogP contribution in [0.15, 0.2) is 134 Å². The van der Waals surface area contributed by atoms with Crippen LogP contribution in [0.5, 0.6) is 0 Å². The first-order chi connectivity index (χ1) is 33.0. The number of carbonyl (C=O) groups is 1. The summed E-state index contributed by atoms with van der Waals surface area (Å²) in [6.45, 7) is 4.45. The summed E-state index contributed by atoms with van der Waals surface area (Å²) in [7, 11) is 1.23. The van der Waals surface area contributed by atoms with Crippen molar-refractivity contribution in [1.29, 1.82) is 0 Å². The van der Waals surface area contributed by atoms with Crippen LogP contribution in [0.2, 0.25) is 0 Å². The number of hydrogen-bond acceptors (Lipinski definition) is 6. The number of phosphoric acid groups is 1. The number of amides is 1. The molecule has 0 spiro atoms. The highest BCUT2D eigenvalue weighted by molar-refractivity contribution is 7.45. The number of aliphatic hydroxyl groups is 1. The molecule has 0 heterocycles. The van der Waals surface area contributed by atoms with Gasteiger partial charge in [0.2, 0.25) is 5.91 Å². The fourth-order valence-electron chi connectivity index (χ4n) is 6.71. The number of hydrogen-bond donors (Lipinski definition) is 2. The normalized spacial score (nSPS) is 15.1. The zero-order valence-electron chi connectivity index (χ0n) is 43.7. The molecule has 386 valence electrons. The van der Waals surface area contributed by atoms with Gasteiger partial charge in [0, 0.05) is 6.42 Å². The van der Waals surface area contributed by atoms with Crippen molar-refractivity contribution in [2.75, 3.05) is 40.9 Å². The lowest BCUT2D eigenvalue weighted by atomic mass is 10.1. The average molecular weight is 963 g/mol. The van der Waals surface area contributed by atoms with E-state index in [1.807, 2.05) is 27.2 Å². The Labute approximate surface area is 417 Å². The lowest BCUT2D eigenvalue weighted by molar-refractivity contribution is -0.870. The van der Waals surface area contributed by atoms with Crippen LogP contribution >= 0.6 is 7.82 Å². The molecular weight excluding hydrogens is 864 g/mol. The van der Waals surface area contributed by atoms with Crippen molar-refractivity contribution in [3.8, 4) is 0 Å². The maximum Gasteiger partial charge on any atom is 0.268 e. The van der Waals surface area contributed by atoms with Crippen molar-refractivity contribution in [3.05, 3.63) is 134 Å². The second-order valence-corrected chi connectivity index (χ2v) is 19.9. The van der Waals surface area contributed by atoms with Crippen molar-refractivity contribution >= 4 is 13.7 Å². The molecule has 0 aliphatic heterocycles. The highest BCUT2D eigenvalue weighted by atomic mass is 31.2. The van der Waals surface area contributed by atoms with Gasteiger partial charge in [-0.25, -0.2) is 0 Å². The minimum Gasteiger partial charge on any atom is -0.756 e. The fraction of sp³-hybridized carbons (Fsp3) is 0.610. The monoisotopic (exact) mass is 963 g/mol. The molecule has 0 bridgehead atoms. The minimum atomic E-state index is -4.60. The molecule has 0 aromatic carbocycles. The maximum atomic E-state index is 12.9. The van der Waals surface area contributed by atoms with Gasteiger partial charge in [-0.15, -0.1) is 0 Å². The summed E-state index contributed by atoms with van der Waals surface area (Å²) in [6, 6.07) is -0.902. The molecule has 0 radical (unpaired) electrons. The van der Waals surface area contributed by atoms with Gasteiger partial charge in [0.25, 0.3) is 7.82 Å². The van der Waals surface area contributed by atoms with Crippen LogP contribution in [0.3, 0.4) is 0 Å². The standard InChI is InChI=1S/C59H99N2O6P/c1-6-8-10-12-14-16-17-18-19-20-21-22-23-24-25-26-27-28-29-30-31-32-33-34-35-36-37-38-39-40-41-42-43-45-47-49-51-53-59(63)60-57(56-67-68(64,65)66-55-54-61(3,4)5)58(62)52-50-48-46-44-15-13-11-9-7-2/h8,10,14,16,18-19,21-22,24-25,27-28,30-31,33-34,36-37,39-40,50,52,57-58,62H,6-7,9,11-13,15,17,20,23,26,29,32,35,38,41-49,51,53-56H2,1-5H3,(H-,60,63,64,65)/b10-8-,16-14-,19-18-,22-21-,25-24-,28-27-,31-30-,34-33-,37-36-,40-39-,52-50+. The summed E-state index contributed by atoms with van der Waals surface area (Å²) in [5.41, 5.74) is 0. The molecule has 0 aromatic rings. The third kappa shape index (κ3) is 50.5. The Bertz CT molecular complexity index is 1560. The predicted molar refractivity (Wildman–Crippen MR) is 292 cm³/mol. The van der Waals surface area contributed by atoms with Crippen LogP contribution in [0, 0.1) is 0 Å². The lowest BCUT2D eigenvalue weighted by Crippen LogP contribution is -2.45. The number of nitrogens with zero attached hydrogens (tertiary/aromatic N) is 1. The van der Waals surface area contributed by atoms with E-state index in [2.05, 4.69) is 141 Å². The lowest BCUT2D eigenvalue weighted by Gasteiger charge is -2.29. The molecule has 2 N–H and O–H groups in total. The fourth-order valence-corrected chi connectivity index (χ4v) is 7.43. The Balaban J connectivity index is 4.14. The molecule has 3 atom stereocenters. The highest BCUT2D eigenvalue weighted by Crippen LogP contribution is 2.38. The average Bonchev–Trinajstić information content (AvgIpc) is 3.30. The molecule has 0 fully saturated rings. The highest BCUT2D eigenvalue weighted by Gasteiger charge is 2.23. The van der Waals surface area contributed by atoms with Gasteiger partial charge in [-0.3, -0.25) is 9.36 Å². The summed E-state index contributed by atoms with van der Waals surface area (Å²) in [5, 5.41) is 13.7. The van der Waals surface area contributed by atoms with Gasteiger partial charge < -0.3 is 28.8 Å². The van der Waals surface area contributed by atoms with E-state index in [0.29, 0.717) is 17.4 Å². The molecule has 3 unspecified atom stereocenters. The number of allylic oxidation sites excluding steroid dienone is 21. The molecule has 0 rings (SSSR count). The number of quaternary nitrogens is 1. The van der Waals surface area contributed by atoms with E-state index in [-0.39, 0.29) is 12.5 Å². The van der Waals surface area contributed by atoms with Crippen LogP contribution in [0.4, 0.5) is 0 Å². The van der Waals surface area contributed by atoms with Gasteiger partial charge in [-0.1, -0.05) is 212 Å². The third-order valence-electron chi connectivity index (χ3n) is 10.9. The van der Waals surface area contributed by atoms with Crippen molar-refractivity contribution < 1.29 is 32.9 Å². The molecule has 68 heavy (non-hydrogen) atoms. The quantitative estimate of drug-likeness (QED) is 0.0272. The predicted octanol–water partition coefficient (Wildman–Crippen LogP) is 15.3. The topological polar surface area (TPSA) is 108 Å². The van der Waals surface area contributed by atoms with Crippen LogP contribution in [0.25, 0.3) is 0 Å². The van der Waals surface area contributed by atoms with Gasteiger partial charge in [0.05, 0.1) is 39.9 Å². The van der Waals surface area contributed by atoms with Gasteiger partial charge in [-0.2, -0.15) is 0 Å². The molecule has 0 saturated carbocycles.